The van der Waals surface area contributed by atoms with E-state index in [4.69, 9.17) is 0 Å². The molecule has 0 saturated heterocycles. The van der Waals surface area contributed by atoms with Crippen LogP contribution in [0.3, 0.4) is 0 Å². The fourth-order valence-corrected chi connectivity index (χ4v) is 3.73. The van der Waals surface area contributed by atoms with Crippen LogP contribution in [-0.4, -0.2) is 10.8 Å². The molecule has 5 aromatic rings. The van der Waals surface area contributed by atoms with Gasteiger partial charge in [0.1, 0.15) is 0 Å². The average molecular weight is 375 g/mol. The van der Waals surface area contributed by atoms with Crippen molar-refractivity contribution in [2.45, 2.75) is 6.54 Å². The van der Waals surface area contributed by atoms with Gasteiger partial charge in [0.15, 0.2) is 0 Å². The number of rotatable bonds is 5. The summed E-state index contributed by atoms with van der Waals surface area (Å²) in [5.41, 5.74) is 7.67. The number of hydrazone groups is 1. The molecular weight excluding hydrogens is 354 g/mol. The predicted molar refractivity (Wildman–Crippen MR) is 123 cm³/mol. The van der Waals surface area contributed by atoms with Gasteiger partial charge in [0, 0.05) is 29.2 Å². The average Bonchev–Trinajstić information content (AvgIpc) is 3.12. The lowest BCUT2D eigenvalue weighted by Crippen LogP contribution is -1.97. The molecule has 0 aliphatic carbocycles. The lowest BCUT2D eigenvalue weighted by molar-refractivity contribution is 0.837. The Hall–Kier alpha value is -3.85. The summed E-state index contributed by atoms with van der Waals surface area (Å²) in [4.78, 5) is 0. The highest BCUT2D eigenvalue weighted by molar-refractivity contribution is 5.99. The maximum Gasteiger partial charge on any atom is 0.0566 e. The zero-order valence-corrected chi connectivity index (χ0v) is 16.0. The van der Waals surface area contributed by atoms with E-state index in [-0.39, 0.29) is 0 Å². The van der Waals surface area contributed by atoms with Crippen LogP contribution in [0.4, 0.5) is 5.69 Å². The van der Waals surface area contributed by atoms with Crippen molar-refractivity contribution >= 4 is 33.6 Å². The Bertz CT molecular complexity index is 1300. The third kappa shape index (κ3) is 3.63. The van der Waals surface area contributed by atoms with E-state index in [0.29, 0.717) is 0 Å². The standard InChI is InChI=1S/C26H21N3/c1-2-10-24(11-3-1)28-27-17-23-19-29(26-13-7-6-12-25(23)26)18-20-14-15-21-8-4-5-9-22(21)16-20/h1-17,19,28H,18H2/b27-17+. The highest BCUT2D eigenvalue weighted by Gasteiger charge is 2.07. The van der Waals surface area contributed by atoms with Crippen molar-refractivity contribution in [1.29, 1.82) is 0 Å². The first-order valence-electron chi connectivity index (χ1n) is 9.76. The smallest absolute Gasteiger partial charge is 0.0566 e. The van der Waals surface area contributed by atoms with E-state index in [1.54, 1.807) is 0 Å². The fourth-order valence-electron chi connectivity index (χ4n) is 3.73. The molecule has 0 bridgehead atoms. The minimum atomic E-state index is 0.825. The summed E-state index contributed by atoms with van der Waals surface area (Å²) in [6.07, 6.45) is 4.07. The molecule has 5 rings (SSSR count). The van der Waals surface area contributed by atoms with Gasteiger partial charge >= 0.3 is 0 Å². The van der Waals surface area contributed by atoms with Crippen LogP contribution >= 0.6 is 0 Å². The third-order valence-corrected chi connectivity index (χ3v) is 5.16. The Morgan fingerprint density at radius 1 is 0.759 bits per heavy atom. The summed E-state index contributed by atoms with van der Waals surface area (Å²) in [6.45, 7) is 0.825. The van der Waals surface area contributed by atoms with Crippen LogP contribution < -0.4 is 5.43 Å². The third-order valence-electron chi connectivity index (χ3n) is 5.16. The Balaban J connectivity index is 1.46. The summed E-state index contributed by atoms with van der Waals surface area (Å²) in [6, 6.07) is 33.6. The Kier molecular flexibility index (Phi) is 4.55. The number of fused-ring (bicyclic) bond motifs is 2. The second-order valence-corrected chi connectivity index (χ2v) is 7.15. The molecular formula is C26H21N3. The van der Waals surface area contributed by atoms with E-state index >= 15 is 0 Å². The van der Waals surface area contributed by atoms with Gasteiger partial charge in [-0.2, -0.15) is 5.10 Å². The number of nitrogens with one attached hydrogen (secondary N) is 1. The van der Waals surface area contributed by atoms with E-state index in [0.717, 1.165) is 17.8 Å². The Labute approximate surface area is 169 Å². The maximum atomic E-state index is 4.43. The molecule has 140 valence electrons. The van der Waals surface area contributed by atoms with Crippen molar-refractivity contribution in [1.82, 2.24) is 4.57 Å². The quantitative estimate of drug-likeness (QED) is 0.284. The fraction of sp³-hybridized carbons (Fsp3) is 0.0385. The van der Waals surface area contributed by atoms with Crippen LogP contribution in [-0.2, 0) is 6.54 Å². The number of nitrogens with zero attached hydrogens (tertiary/aromatic N) is 2. The van der Waals surface area contributed by atoms with E-state index in [1.165, 1.54) is 27.2 Å². The number of hydrogen-bond acceptors (Lipinski definition) is 2. The first-order chi connectivity index (χ1) is 14.4. The highest BCUT2D eigenvalue weighted by Crippen LogP contribution is 2.23. The number of anilines is 1. The van der Waals surface area contributed by atoms with Gasteiger partial charge < -0.3 is 4.57 Å². The van der Waals surface area contributed by atoms with Crippen molar-refractivity contribution in [3.8, 4) is 0 Å². The second-order valence-electron chi connectivity index (χ2n) is 7.15. The van der Waals surface area contributed by atoms with Crippen LogP contribution in [0, 0.1) is 0 Å². The molecule has 1 N–H and O–H groups in total. The lowest BCUT2D eigenvalue weighted by Gasteiger charge is -2.07. The van der Waals surface area contributed by atoms with Gasteiger partial charge in [-0.05, 0) is 40.6 Å². The van der Waals surface area contributed by atoms with Crippen molar-refractivity contribution < 1.29 is 0 Å². The van der Waals surface area contributed by atoms with E-state index in [9.17, 15) is 0 Å². The first-order valence-corrected chi connectivity index (χ1v) is 9.76. The van der Waals surface area contributed by atoms with Gasteiger partial charge in [0.25, 0.3) is 0 Å². The molecule has 0 saturated carbocycles. The minimum Gasteiger partial charge on any atom is -0.342 e. The Morgan fingerprint density at radius 3 is 2.41 bits per heavy atom. The molecule has 0 fully saturated rings. The molecule has 0 radical (unpaired) electrons. The molecule has 0 aliphatic heterocycles. The topological polar surface area (TPSA) is 29.3 Å². The Morgan fingerprint density at radius 2 is 1.52 bits per heavy atom. The molecule has 0 amide bonds. The van der Waals surface area contributed by atoms with Crippen molar-refractivity contribution in [3.05, 3.63) is 114 Å². The summed E-state index contributed by atoms with van der Waals surface area (Å²) >= 11 is 0. The van der Waals surface area contributed by atoms with Gasteiger partial charge in [-0.1, -0.05) is 72.8 Å². The zero-order chi connectivity index (χ0) is 19.5. The molecule has 3 nitrogen and oxygen atoms in total. The van der Waals surface area contributed by atoms with Crippen LogP contribution in [0.15, 0.2) is 108 Å². The van der Waals surface area contributed by atoms with E-state index < -0.39 is 0 Å². The minimum absolute atomic E-state index is 0.825. The molecule has 0 aliphatic rings. The molecule has 1 heterocycles. The van der Waals surface area contributed by atoms with Gasteiger partial charge in [0.2, 0.25) is 0 Å². The van der Waals surface area contributed by atoms with Gasteiger partial charge in [-0.25, -0.2) is 0 Å². The SMILES string of the molecule is C(=N\Nc1ccccc1)/c1cn(Cc2ccc3ccccc3c2)c2ccccc12. The van der Waals surface area contributed by atoms with Crippen molar-refractivity contribution in [2.24, 2.45) is 5.10 Å². The number of hydrogen-bond donors (Lipinski definition) is 1. The van der Waals surface area contributed by atoms with Crippen LogP contribution in [0.1, 0.15) is 11.1 Å². The molecule has 29 heavy (non-hydrogen) atoms. The predicted octanol–water partition coefficient (Wildman–Crippen LogP) is 6.29. The summed E-state index contributed by atoms with van der Waals surface area (Å²) in [7, 11) is 0. The van der Waals surface area contributed by atoms with Crippen molar-refractivity contribution in [2.75, 3.05) is 5.43 Å². The molecule has 4 aromatic carbocycles. The lowest BCUT2D eigenvalue weighted by atomic mass is 10.1. The van der Waals surface area contributed by atoms with Crippen LogP contribution in [0.2, 0.25) is 0 Å². The maximum absolute atomic E-state index is 4.43. The first kappa shape index (κ1) is 17.3. The van der Waals surface area contributed by atoms with Crippen molar-refractivity contribution in [3.63, 3.8) is 0 Å². The van der Waals surface area contributed by atoms with E-state index in [1.807, 2.05) is 36.5 Å². The molecule has 0 atom stereocenters. The number of para-hydroxylation sites is 2. The largest absolute Gasteiger partial charge is 0.342 e. The molecule has 1 aromatic heterocycles. The van der Waals surface area contributed by atoms with Gasteiger partial charge in [-0.15, -0.1) is 0 Å². The normalized spacial score (nSPS) is 11.4. The van der Waals surface area contributed by atoms with Gasteiger partial charge in [0.05, 0.1) is 11.9 Å². The summed E-state index contributed by atoms with van der Waals surface area (Å²) in [5, 5.41) is 8.18. The monoisotopic (exact) mass is 375 g/mol. The van der Waals surface area contributed by atoms with Gasteiger partial charge in [-0.3, -0.25) is 5.43 Å². The highest BCUT2D eigenvalue weighted by atomic mass is 15.3. The molecule has 0 unspecified atom stereocenters. The summed E-state index contributed by atoms with van der Waals surface area (Å²) in [5.74, 6) is 0. The molecule has 3 heteroatoms. The van der Waals surface area contributed by atoms with Crippen LogP contribution in [0.5, 0.6) is 0 Å². The van der Waals surface area contributed by atoms with E-state index in [2.05, 4.69) is 88.0 Å². The number of aromatic nitrogens is 1. The summed E-state index contributed by atoms with van der Waals surface area (Å²) < 4.78 is 2.29. The van der Waals surface area contributed by atoms with Crippen LogP contribution in [0.25, 0.3) is 21.7 Å². The second kappa shape index (κ2) is 7.64. The number of benzene rings is 4. The molecule has 0 spiro atoms. The zero-order valence-electron chi connectivity index (χ0n) is 16.0.